The van der Waals surface area contributed by atoms with Crippen molar-refractivity contribution < 1.29 is 19.4 Å². The van der Waals surface area contributed by atoms with Gasteiger partial charge >= 0.3 is 5.97 Å². The monoisotopic (exact) mass is 355 g/mol. The van der Waals surface area contributed by atoms with Gasteiger partial charge in [-0.25, -0.2) is 4.79 Å². The average molecular weight is 356 g/mol. The zero-order valence-electron chi connectivity index (χ0n) is 11.8. The molecule has 2 atom stereocenters. The first-order valence-electron chi connectivity index (χ1n) is 6.86. The number of amides is 1. The Hall–Kier alpha value is -1.40. The number of carboxylic acid groups (broad SMARTS) is 1. The Morgan fingerprint density at radius 2 is 2.24 bits per heavy atom. The Labute approximate surface area is 131 Å². The minimum atomic E-state index is -1.02. The third kappa shape index (κ3) is 4.04. The third-order valence-corrected chi connectivity index (χ3v) is 4.16. The van der Waals surface area contributed by atoms with Gasteiger partial charge in [-0.05, 0) is 37.5 Å². The lowest BCUT2D eigenvalue weighted by atomic mass is 9.93. The number of nitrogens with one attached hydrogen (secondary N) is 1. The fraction of sp³-hybridized carbons (Fsp3) is 0.467. The minimum absolute atomic E-state index is 0.187. The Morgan fingerprint density at radius 3 is 2.86 bits per heavy atom. The van der Waals surface area contributed by atoms with Crippen LogP contribution < -0.4 is 5.32 Å². The highest BCUT2D eigenvalue weighted by atomic mass is 79.9. The molecule has 0 spiro atoms. The Balaban J connectivity index is 2.14. The van der Waals surface area contributed by atoms with Crippen molar-refractivity contribution in [1.29, 1.82) is 0 Å². The topological polar surface area (TPSA) is 75.6 Å². The molecule has 2 unspecified atom stereocenters. The van der Waals surface area contributed by atoms with E-state index in [1.54, 1.807) is 6.07 Å². The fourth-order valence-corrected chi connectivity index (χ4v) is 2.83. The number of halogens is 1. The number of aliphatic carboxylic acids is 1. The van der Waals surface area contributed by atoms with Crippen LogP contribution >= 0.6 is 15.9 Å². The summed E-state index contributed by atoms with van der Waals surface area (Å²) in [5.74, 6) is -1.58. The lowest BCUT2D eigenvalue weighted by Crippen LogP contribution is -2.48. The predicted molar refractivity (Wildman–Crippen MR) is 81.3 cm³/mol. The van der Waals surface area contributed by atoms with Gasteiger partial charge in [-0.15, -0.1) is 0 Å². The van der Waals surface area contributed by atoms with Gasteiger partial charge in [0.05, 0.1) is 6.61 Å². The summed E-state index contributed by atoms with van der Waals surface area (Å²) >= 11 is 3.32. The molecule has 2 N–H and O–H groups in total. The standard InChI is InChI=1S/C15H18BrNO4/c1-9-4-5-11(16)7-12(9)14(18)17-13(15(19)20)10-3-2-6-21-8-10/h4-5,7,10,13H,2-3,6,8H2,1H3,(H,17,18)(H,19,20). The van der Waals surface area contributed by atoms with E-state index in [9.17, 15) is 14.7 Å². The van der Waals surface area contributed by atoms with Crippen molar-refractivity contribution in [1.82, 2.24) is 5.32 Å². The first-order chi connectivity index (χ1) is 9.99. The molecular formula is C15H18BrNO4. The molecule has 1 heterocycles. The summed E-state index contributed by atoms with van der Waals surface area (Å²) < 4.78 is 6.10. The van der Waals surface area contributed by atoms with Gasteiger partial charge in [0, 0.05) is 22.6 Å². The number of ether oxygens (including phenoxy) is 1. The second-order valence-electron chi connectivity index (χ2n) is 5.23. The van der Waals surface area contributed by atoms with Gasteiger partial charge in [-0.1, -0.05) is 22.0 Å². The average Bonchev–Trinajstić information content (AvgIpc) is 2.47. The molecule has 2 rings (SSSR count). The molecule has 6 heteroatoms. The largest absolute Gasteiger partial charge is 0.480 e. The molecule has 1 aliphatic heterocycles. The van der Waals surface area contributed by atoms with Crippen molar-refractivity contribution in [3.63, 3.8) is 0 Å². The summed E-state index contributed by atoms with van der Waals surface area (Å²) in [4.78, 5) is 23.8. The van der Waals surface area contributed by atoms with Gasteiger partial charge in [0.15, 0.2) is 0 Å². The molecule has 21 heavy (non-hydrogen) atoms. The molecule has 5 nitrogen and oxygen atoms in total. The molecular weight excluding hydrogens is 338 g/mol. The summed E-state index contributed by atoms with van der Waals surface area (Å²) in [6, 6.07) is 4.44. The summed E-state index contributed by atoms with van der Waals surface area (Å²) in [6.07, 6.45) is 1.56. The molecule has 1 saturated heterocycles. The molecule has 0 aromatic heterocycles. The second-order valence-corrected chi connectivity index (χ2v) is 6.14. The normalized spacial score (nSPS) is 19.8. The second kappa shape index (κ2) is 7.04. The quantitative estimate of drug-likeness (QED) is 0.869. The van der Waals surface area contributed by atoms with E-state index in [0.717, 1.165) is 22.9 Å². The number of aryl methyl sites for hydroxylation is 1. The van der Waals surface area contributed by atoms with Crippen LogP contribution in [0.4, 0.5) is 0 Å². The van der Waals surface area contributed by atoms with Gasteiger partial charge < -0.3 is 15.2 Å². The predicted octanol–water partition coefficient (Wildman–Crippen LogP) is 2.37. The number of hydrogen-bond acceptors (Lipinski definition) is 3. The van der Waals surface area contributed by atoms with Crippen molar-refractivity contribution in [2.75, 3.05) is 13.2 Å². The van der Waals surface area contributed by atoms with Crippen LogP contribution in [0.1, 0.15) is 28.8 Å². The summed E-state index contributed by atoms with van der Waals surface area (Å²) in [6.45, 7) is 2.84. The summed E-state index contributed by atoms with van der Waals surface area (Å²) in [5.41, 5.74) is 1.28. The molecule has 0 bridgehead atoms. The van der Waals surface area contributed by atoms with Crippen LogP contribution in [-0.2, 0) is 9.53 Å². The number of hydrogen-bond donors (Lipinski definition) is 2. The SMILES string of the molecule is Cc1ccc(Br)cc1C(=O)NC(C(=O)O)C1CCCOC1. The lowest BCUT2D eigenvalue weighted by molar-refractivity contribution is -0.142. The zero-order valence-corrected chi connectivity index (χ0v) is 13.4. The summed E-state index contributed by atoms with van der Waals surface area (Å²) in [7, 11) is 0. The van der Waals surface area contributed by atoms with Crippen LogP contribution in [0, 0.1) is 12.8 Å². The van der Waals surface area contributed by atoms with Crippen LogP contribution in [0.25, 0.3) is 0 Å². The molecule has 1 aromatic carbocycles. The van der Waals surface area contributed by atoms with E-state index < -0.39 is 12.0 Å². The van der Waals surface area contributed by atoms with E-state index in [1.165, 1.54) is 0 Å². The molecule has 1 fully saturated rings. The molecule has 0 radical (unpaired) electrons. The van der Waals surface area contributed by atoms with Gasteiger partial charge in [-0.3, -0.25) is 4.79 Å². The van der Waals surface area contributed by atoms with Gasteiger partial charge in [0.25, 0.3) is 5.91 Å². The van der Waals surface area contributed by atoms with Crippen LogP contribution in [0.3, 0.4) is 0 Å². The number of carbonyl (C=O) groups excluding carboxylic acids is 1. The van der Waals surface area contributed by atoms with Crippen LogP contribution in [-0.4, -0.2) is 36.2 Å². The first-order valence-corrected chi connectivity index (χ1v) is 7.66. The van der Waals surface area contributed by atoms with Crippen molar-refractivity contribution >= 4 is 27.8 Å². The van der Waals surface area contributed by atoms with E-state index >= 15 is 0 Å². The molecule has 1 aliphatic rings. The van der Waals surface area contributed by atoms with E-state index in [-0.39, 0.29) is 11.8 Å². The van der Waals surface area contributed by atoms with Crippen molar-refractivity contribution in [3.8, 4) is 0 Å². The van der Waals surface area contributed by atoms with Gasteiger partial charge in [-0.2, -0.15) is 0 Å². The molecule has 1 aromatic rings. The van der Waals surface area contributed by atoms with E-state index in [1.807, 2.05) is 19.1 Å². The number of carbonyl (C=O) groups is 2. The van der Waals surface area contributed by atoms with Crippen LogP contribution in [0.5, 0.6) is 0 Å². The highest BCUT2D eigenvalue weighted by molar-refractivity contribution is 9.10. The van der Waals surface area contributed by atoms with E-state index in [0.29, 0.717) is 18.8 Å². The third-order valence-electron chi connectivity index (χ3n) is 3.66. The zero-order chi connectivity index (χ0) is 15.4. The first kappa shape index (κ1) is 16.0. The number of rotatable bonds is 4. The molecule has 0 aliphatic carbocycles. The molecule has 1 amide bonds. The van der Waals surface area contributed by atoms with Crippen molar-refractivity contribution in [2.24, 2.45) is 5.92 Å². The van der Waals surface area contributed by atoms with E-state index in [4.69, 9.17) is 4.74 Å². The maximum absolute atomic E-state index is 12.3. The number of benzene rings is 1. The maximum Gasteiger partial charge on any atom is 0.326 e. The minimum Gasteiger partial charge on any atom is -0.480 e. The van der Waals surface area contributed by atoms with Crippen molar-refractivity contribution in [3.05, 3.63) is 33.8 Å². The molecule has 114 valence electrons. The summed E-state index contributed by atoms with van der Waals surface area (Å²) in [5, 5.41) is 12.0. The smallest absolute Gasteiger partial charge is 0.326 e. The highest BCUT2D eigenvalue weighted by Crippen LogP contribution is 2.20. The Kier molecular flexibility index (Phi) is 5.36. The lowest BCUT2D eigenvalue weighted by Gasteiger charge is -2.28. The number of carboxylic acids is 1. The van der Waals surface area contributed by atoms with Crippen molar-refractivity contribution in [2.45, 2.75) is 25.8 Å². The highest BCUT2D eigenvalue weighted by Gasteiger charge is 2.31. The Bertz CT molecular complexity index is 540. The van der Waals surface area contributed by atoms with Gasteiger partial charge in [0.1, 0.15) is 6.04 Å². The van der Waals surface area contributed by atoms with Gasteiger partial charge in [0.2, 0.25) is 0 Å². The molecule has 0 saturated carbocycles. The fourth-order valence-electron chi connectivity index (χ4n) is 2.47. The van der Waals surface area contributed by atoms with Crippen LogP contribution in [0.15, 0.2) is 22.7 Å². The van der Waals surface area contributed by atoms with E-state index in [2.05, 4.69) is 21.2 Å². The van der Waals surface area contributed by atoms with Crippen LogP contribution in [0.2, 0.25) is 0 Å². The maximum atomic E-state index is 12.3. The Morgan fingerprint density at radius 1 is 1.48 bits per heavy atom.